The minimum atomic E-state index is -0.371. The minimum absolute atomic E-state index is 0.371. The van der Waals surface area contributed by atoms with Gasteiger partial charge in [-0.2, -0.15) is 0 Å². The van der Waals surface area contributed by atoms with Crippen molar-refractivity contribution in [3.05, 3.63) is 57.9 Å². The number of fused-ring (bicyclic) bond motifs is 1. The predicted octanol–water partition coefficient (Wildman–Crippen LogP) is 3.74. The Morgan fingerprint density at radius 1 is 0.962 bits per heavy atom. The number of anilines is 1. The van der Waals surface area contributed by atoms with Crippen molar-refractivity contribution in [2.24, 2.45) is 0 Å². The SMILES string of the molecule is COc1cc(NCc2cc(=O)oc3cc(C)ccc23)cc(OC)c1OC. The number of methoxy groups -OCH3 is 3. The number of nitrogens with one attached hydrogen (secondary N) is 1. The standard InChI is InChI=1S/C20H21NO5/c1-12-5-6-15-13(8-19(22)26-16(15)7-12)11-21-14-9-17(23-2)20(25-4)18(10-14)24-3/h5-10,21H,11H2,1-4H3. The molecule has 1 heterocycles. The summed E-state index contributed by atoms with van der Waals surface area (Å²) in [5.41, 5.74) is 2.89. The summed E-state index contributed by atoms with van der Waals surface area (Å²) in [6.45, 7) is 2.41. The largest absolute Gasteiger partial charge is 0.493 e. The van der Waals surface area contributed by atoms with Crippen molar-refractivity contribution in [2.75, 3.05) is 26.6 Å². The predicted molar refractivity (Wildman–Crippen MR) is 101 cm³/mol. The van der Waals surface area contributed by atoms with Crippen molar-refractivity contribution in [2.45, 2.75) is 13.5 Å². The summed E-state index contributed by atoms with van der Waals surface area (Å²) in [5.74, 6) is 1.65. The molecule has 136 valence electrons. The average molecular weight is 355 g/mol. The van der Waals surface area contributed by atoms with E-state index >= 15 is 0 Å². The van der Waals surface area contributed by atoms with Gasteiger partial charge in [-0.15, -0.1) is 0 Å². The highest BCUT2D eigenvalue weighted by Gasteiger charge is 2.13. The third-order valence-electron chi connectivity index (χ3n) is 4.13. The summed E-state index contributed by atoms with van der Waals surface area (Å²) >= 11 is 0. The summed E-state index contributed by atoms with van der Waals surface area (Å²) in [6.07, 6.45) is 0. The number of ether oxygens (including phenoxy) is 3. The van der Waals surface area contributed by atoms with Gasteiger partial charge in [0.2, 0.25) is 5.75 Å². The zero-order valence-electron chi connectivity index (χ0n) is 15.2. The molecule has 0 spiro atoms. The van der Waals surface area contributed by atoms with Crippen LogP contribution in [0.25, 0.3) is 11.0 Å². The van der Waals surface area contributed by atoms with E-state index in [0.29, 0.717) is 29.4 Å². The first-order valence-electron chi connectivity index (χ1n) is 8.13. The van der Waals surface area contributed by atoms with E-state index in [4.69, 9.17) is 18.6 Å². The molecule has 0 aliphatic carbocycles. The Balaban J connectivity index is 1.94. The van der Waals surface area contributed by atoms with Crippen LogP contribution < -0.4 is 25.2 Å². The number of hydrogen-bond acceptors (Lipinski definition) is 6. The van der Waals surface area contributed by atoms with Gasteiger partial charge in [-0.3, -0.25) is 0 Å². The molecular formula is C20H21NO5. The molecule has 0 amide bonds. The maximum absolute atomic E-state index is 11.9. The zero-order valence-corrected chi connectivity index (χ0v) is 15.2. The van der Waals surface area contributed by atoms with Crippen LogP contribution in [0.4, 0.5) is 5.69 Å². The van der Waals surface area contributed by atoms with Gasteiger partial charge in [0.05, 0.1) is 21.3 Å². The van der Waals surface area contributed by atoms with Crippen LogP contribution in [0.15, 0.2) is 45.6 Å². The van der Waals surface area contributed by atoms with Gasteiger partial charge in [0.25, 0.3) is 0 Å². The molecule has 0 fully saturated rings. The first-order valence-corrected chi connectivity index (χ1v) is 8.13. The van der Waals surface area contributed by atoms with Crippen molar-refractivity contribution in [3.63, 3.8) is 0 Å². The Kier molecular flexibility index (Phi) is 5.02. The van der Waals surface area contributed by atoms with E-state index in [1.807, 2.05) is 37.3 Å². The lowest BCUT2D eigenvalue weighted by molar-refractivity contribution is 0.324. The highest BCUT2D eigenvalue weighted by Crippen LogP contribution is 2.40. The van der Waals surface area contributed by atoms with Crippen LogP contribution in [0.1, 0.15) is 11.1 Å². The van der Waals surface area contributed by atoms with Crippen molar-refractivity contribution < 1.29 is 18.6 Å². The monoisotopic (exact) mass is 355 g/mol. The number of aryl methyl sites for hydroxylation is 1. The first-order chi connectivity index (χ1) is 12.5. The molecule has 6 nitrogen and oxygen atoms in total. The lowest BCUT2D eigenvalue weighted by Crippen LogP contribution is -2.06. The van der Waals surface area contributed by atoms with Crippen LogP contribution in [-0.4, -0.2) is 21.3 Å². The van der Waals surface area contributed by atoms with Gasteiger partial charge < -0.3 is 23.9 Å². The Hall–Kier alpha value is -3.15. The average Bonchev–Trinajstić information content (AvgIpc) is 2.64. The summed E-state index contributed by atoms with van der Waals surface area (Å²) in [7, 11) is 4.70. The third kappa shape index (κ3) is 3.44. The number of benzene rings is 2. The topological polar surface area (TPSA) is 69.9 Å². The van der Waals surface area contributed by atoms with Gasteiger partial charge in [0, 0.05) is 35.8 Å². The molecule has 3 aromatic rings. The second kappa shape index (κ2) is 7.39. The minimum Gasteiger partial charge on any atom is -0.493 e. The summed E-state index contributed by atoms with van der Waals surface area (Å²) in [5, 5.41) is 4.20. The molecule has 0 unspecified atom stereocenters. The quantitative estimate of drug-likeness (QED) is 0.679. The molecule has 6 heteroatoms. The van der Waals surface area contributed by atoms with E-state index in [2.05, 4.69) is 5.32 Å². The third-order valence-corrected chi connectivity index (χ3v) is 4.13. The van der Waals surface area contributed by atoms with E-state index in [9.17, 15) is 4.79 Å². The van der Waals surface area contributed by atoms with Gasteiger partial charge in [-0.25, -0.2) is 4.79 Å². The molecule has 0 radical (unpaired) electrons. The van der Waals surface area contributed by atoms with Crippen molar-refractivity contribution in [3.8, 4) is 17.2 Å². The molecule has 0 aliphatic heterocycles. The molecule has 0 saturated carbocycles. The van der Waals surface area contributed by atoms with Crippen LogP contribution in [0.2, 0.25) is 0 Å². The summed E-state index contributed by atoms with van der Waals surface area (Å²) in [6, 6.07) is 11.0. The van der Waals surface area contributed by atoms with E-state index in [1.165, 1.54) is 6.07 Å². The van der Waals surface area contributed by atoms with Crippen LogP contribution >= 0.6 is 0 Å². The van der Waals surface area contributed by atoms with Gasteiger partial charge in [-0.05, 0) is 24.1 Å². The zero-order chi connectivity index (χ0) is 18.7. The maximum Gasteiger partial charge on any atom is 0.336 e. The fourth-order valence-corrected chi connectivity index (χ4v) is 2.86. The molecule has 26 heavy (non-hydrogen) atoms. The normalized spacial score (nSPS) is 10.6. The van der Waals surface area contributed by atoms with Crippen molar-refractivity contribution >= 4 is 16.7 Å². The van der Waals surface area contributed by atoms with Crippen molar-refractivity contribution in [1.82, 2.24) is 0 Å². The van der Waals surface area contributed by atoms with Gasteiger partial charge in [0.1, 0.15) is 5.58 Å². The molecule has 0 saturated heterocycles. The number of hydrogen-bond donors (Lipinski definition) is 1. The van der Waals surface area contributed by atoms with Gasteiger partial charge in [-0.1, -0.05) is 12.1 Å². The van der Waals surface area contributed by atoms with Crippen LogP contribution in [0, 0.1) is 6.92 Å². The highest BCUT2D eigenvalue weighted by molar-refractivity contribution is 5.81. The van der Waals surface area contributed by atoms with E-state index in [-0.39, 0.29) is 5.63 Å². The Labute approximate surface area is 151 Å². The lowest BCUT2D eigenvalue weighted by Gasteiger charge is -2.15. The van der Waals surface area contributed by atoms with Crippen LogP contribution in [-0.2, 0) is 6.54 Å². The Bertz CT molecular complexity index is 968. The second-order valence-electron chi connectivity index (χ2n) is 5.86. The molecular weight excluding hydrogens is 334 g/mol. The summed E-state index contributed by atoms with van der Waals surface area (Å²) < 4.78 is 21.4. The fourth-order valence-electron chi connectivity index (χ4n) is 2.86. The molecule has 0 atom stereocenters. The highest BCUT2D eigenvalue weighted by atomic mass is 16.5. The van der Waals surface area contributed by atoms with E-state index in [0.717, 1.165) is 22.2 Å². The first kappa shape index (κ1) is 17.7. The van der Waals surface area contributed by atoms with Crippen LogP contribution in [0.5, 0.6) is 17.2 Å². The van der Waals surface area contributed by atoms with Gasteiger partial charge >= 0.3 is 5.63 Å². The molecule has 1 aromatic heterocycles. The second-order valence-corrected chi connectivity index (χ2v) is 5.86. The molecule has 0 aliphatic rings. The Morgan fingerprint density at radius 2 is 1.65 bits per heavy atom. The molecule has 1 N–H and O–H groups in total. The number of rotatable bonds is 6. The lowest BCUT2D eigenvalue weighted by atomic mass is 10.1. The Morgan fingerprint density at radius 3 is 2.27 bits per heavy atom. The molecule has 2 aromatic carbocycles. The fraction of sp³-hybridized carbons (Fsp3) is 0.250. The molecule has 0 bridgehead atoms. The van der Waals surface area contributed by atoms with Crippen LogP contribution in [0.3, 0.4) is 0 Å². The van der Waals surface area contributed by atoms with Gasteiger partial charge in [0.15, 0.2) is 11.5 Å². The van der Waals surface area contributed by atoms with Crippen molar-refractivity contribution in [1.29, 1.82) is 0 Å². The molecule has 3 rings (SSSR count). The smallest absolute Gasteiger partial charge is 0.336 e. The van der Waals surface area contributed by atoms with E-state index in [1.54, 1.807) is 21.3 Å². The summed E-state index contributed by atoms with van der Waals surface area (Å²) in [4.78, 5) is 11.9. The maximum atomic E-state index is 11.9. The van der Waals surface area contributed by atoms with E-state index < -0.39 is 0 Å².